The van der Waals surface area contributed by atoms with Crippen molar-refractivity contribution in [3.8, 4) is 0 Å². The molecule has 0 fully saturated rings. The lowest BCUT2D eigenvalue weighted by molar-refractivity contribution is -0.157. The molecule has 0 radical (unpaired) electrons. The molecule has 0 saturated carbocycles. The van der Waals surface area contributed by atoms with Gasteiger partial charge in [-0.15, -0.1) is 0 Å². The summed E-state index contributed by atoms with van der Waals surface area (Å²) >= 11 is 0. The van der Waals surface area contributed by atoms with Gasteiger partial charge in [0, 0.05) is 12.4 Å². The molecule has 1 aromatic rings. The summed E-state index contributed by atoms with van der Waals surface area (Å²) < 4.78 is 1.04. The molecule has 0 aliphatic carbocycles. The Hall–Kier alpha value is -1.69. The molecular weight excluding hydrogens is 188 g/mol. The highest BCUT2D eigenvalue weighted by atomic mass is 16.4. The molecule has 0 aliphatic heterocycles. The average Bonchev–Trinajstić information content (AvgIpc) is 2.08. The van der Waals surface area contributed by atoms with Crippen molar-refractivity contribution < 1.29 is 15.0 Å². The minimum absolute atomic E-state index is 0.324. The number of nitrogens with zero attached hydrogens (tertiary/aromatic N) is 2. The largest absolute Gasteiger partial charge is 0.479 e. The van der Waals surface area contributed by atoms with Crippen molar-refractivity contribution in [1.82, 2.24) is 9.55 Å². The SMILES string of the molecule is C[C@](O)(Cn1cccnc1=O)C(=O)O. The van der Waals surface area contributed by atoms with Gasteiger partial charge in [0.2, 0.25) is 0 Å². The lowest BCUT2D eigenvalue weighted by Crippen LogP contribution is -2.42. The number of aliphatic carboxylic acids is 1. The smallest absolute Gasteiger partial charge is 0.347 e. The lowest BCUT2D eigenvalue weighted by Gasteiger charge is -2.18. The molecule has 76 valence electrons. The average molecular weight is 198 g/mol. The van der Waals surface area contributed by atoms with Crippen LogP contribution in [-0.2, 0) is 11.3 Å². The van der Waals surface area contributed by atoms with Crippen LogP contribution in [0.3, 0.4) is 0 Å². The Morgan fingerprint density at radius 2 is 2.36 bits per heavy atom. The van der Waals surface area contributed by atoms with Crippen molar-refractivity contribution in [1.29, 1.82) is 0 Å². The number of aliphatic hydroxyl groups is 1. The van der Waals surface area contributed by atoms with E-state index in [0.29, 0.717) is 0 Å². The van der Waals surface area contributed by atoms with Gasteiger partial charge in [-0.1, -0.05) is 0 Å². The molecule has 0 bridgehead atoms. The summed E-state index contributed by atoms with van der Waals surface area (Å²) in [5.41, 5.74) is -2.55. The van der Waals surface area contributed by atoms with Gasteiger partial charge in [0.1, 0.15) is 0 Å². The molecular formula is C8H10N2O4. The molecule has 0 unspecified atom stereocenters. The molecule has 6 heteroatoms. The van der Waals surface area contributed by atoms with E-state index in [-0.39, 0.29) is 6.54 Å². The predicted octanol–water partition coefficient (Wildman–Crippen LogP) is -0.921. The van der Waals surface area contributed by atoms with Crippen LogP contribution in [-0.4, -0.2) is 31.3 Å². The number of rotatable bonds is 3. The fourth-order valence-corrected chi connectivity index (χ4v) is 0.907. The van der Waals surface area contributed by atoms with Crippen molar-refractivity contribution in [3.05, 3.63) is 28.9 Å². The molecule has 1 heterocycles. The molecule has 0 spiro atoms. The summed E-state index contributed by atoms with van der Waals surface area (Å²) in [4.78, 5) is 25.0. The fraction of sp³-hybridized carbons (Fsp3) is 0.375. The number of carbonyl (C=O) groups is 1. The summed E-state index contributed by atoms with van der Waals surface area (Å²) in [7, 11) is 0. The summed E-state index contributed by atoms with van der Waals surface area (Å²) in [6.45, 7) is 0.795. The Balaban J connectivity index is 2.95. The second-order valence-electron chi connectivity index (χ2n) is 3.11. The van der Waals surface area contributed by atoms with Crippen LogP contribution in [0, 0.1) is 0 Å². The standard InChI is InChI=1S/C8H10N2O4/c1-8(14,6(11)12)5-10-4-2-3-9-7(10)13/h2-4,14H,5H2,1H3,(H,11,12)/t8-/m0/s1. The zero-order valence-corrected chi connectivity index (χ0v) is 7.54. The Labute approximate surface area is 79.5 Å². The third-order valence-corrected chi connectivity index (χ3v) is 1.72. The van der Waals surface area contributed by atoms with E-state index < -0.39 is 17.3 Å². The number of hydrogen-bond donors (Lipinski definition) is 2. The van der Waals surface area contributed by atoms with E-state index in [1.54, 1.807) is 0 Å². The topological polar surface area (TPSA) is 92.4 Å². The van der Waals surface area contributed by atoms with E-state index in [1.165, 1.54) is 18.5 Å². The molecule has 6 nitrogen and oxygen atoms in total. The first-order valence-electron chi connectivity index (χ1n) is 3.91. The molecule has 1 aromatic heterocycles. The van der Waals surface area contributed by atoms with E-state index in [1.807, 2.05) is 0 Å². The molecule has 0 aromatic carbocycles. The van der Waals surface area contributed by atoms with Crippen molar-refractivity contribution in [2.75, 3.05) is 0 Å². The van der Waals surface area contributed by atoms with Gasteiger partial charge in [0.05, 0.1) is 6.54 Å². The van der Waals surface area contributed by atoms with Crippen molar-refractivity contribution >= 4 is 5.97 Å². The van der Waals surface area contributed by atoms with Gasteiger partial charge in [-0.05, 0) is 13.0 Å². The molecule has 2 N–H and O–H groups in total. The Morgan fingerprint density at radius 1 is 1.71 bits per heavy atom. The van der Waals surface area contributed by atoms with E-state index >= 15 is 0 Å². The molecule has 0 aliphatic rings. The fourth-order valence-electron chi connectivity index (χ4n) is 0.907. The van der Waals surface area contributed by atoms with Gasteiger partial charge in [0.25, 0.3) is 0 Å². The van der Waals surface area contributed by atoms with E-state index in [9.17, 15) is 14.7 Å². The van der Waals surface area contributed by atoms with Crippen LogP contribution in [0.15, 0.2) is 23.3 Å². The van der Waals surface area contributed by atoms with Gasteiger partial charge in [-0.3, -0.25) is 4.57 Å². The van der Waals surface area contributed by atoms with E-state index in [4.69, 9.17) is 5.11 Å². The third-order valence-electron chi connectivity index (χ3n) is 1.72. The first-order chi connectivity index (χ1) is 6.43. The normalized spacial score (nSPS) is 14.7. The maximum absolute atomic E-state index is 11.1. The zero-order valence-electron chi connectivity index (χ0n) is 7.54. The van der Waals surface area contributed by atoms with Crippen molar-refractivity contribution in [2.24, 2.45) is 0 Å². The zero-order chi connectivity index (χ0) is 10.8. The monoisotopic (exact) mass is 198 g/mol. The minimum atomic E-state index is -1.97. The predicted molar refractivity (Wildman–Crippen MR) is 46.8 cm³/mol. The number of aromatic nitrogens is 2. The van der Waals surface area contributed by atoms with Crippen LogP contribution in [0.5, 0.6) is 0 Å². The van der Waals surface area contributed by atoms with Crippen LogP contribution in [0.4, 0.5) is 0 Å². The molecule has 0 saturated heterocycles. The molecule has 14 heavy (non-hydrogen) atoms. The summed E-state index contributed by atoms with van der Waals surface area (Å²) in [5, 5.41) is 18.0. The molecule has 1 rings (SSSR count). The summed E-state index contributed by atoms with van der Waals surface area (Å²) in [5.74, 6) is -1.38. The van der Waals surface area contributed by atoms with Gasteiger partial charge in [0.15, 0.2) is 5.60 Å². The summed E-state index contributed by atoms with van der Waals surface area (Å²) in [6.07, 6.45) is 2.67. The van der Waals surface area contributed by atoms with Gasteiger partial charge >= 0.3 is 11.7 Å². The Morgan fingerprint density at radius 3 is 2.86 bits per heavy atom. The minimum Gasteiger partial charge on any atom is -0.479 e. The van der Waals surface area contributed by atoms with Gasteiger partial charge in [-0.2, -0.15) is 0 Å². The van der Waals surface area contributed by atoms with E-state index in [2.05, 4.69) is 4.98 Å². The second-order valence-corrected chi connectivity index (χ2v) is 3.11. The van der Waals surface area contributed by atoms with Gasteiger partial charge < -0.3 is 10.2 Å². The maximum Gasteiger partial charge on any atom is 0.347 e. The third kappa shape index (κ3) is 2.17. The summed E-state index contributed by atoms with van der Waals surface area (Å²) in [6, 6.07) is 1.49. The highest BCUT2D eigenvalue weighted by Crippen LogP contribution is 2.05. The Kier molecular flexibility index (Phi) is 2.66. The van der Waals surface area contributed by atoms with Crippen LogP contribution in [0.1, 0.15) is 6.92 Å². The van der Waals surface area contributed by atoms with Crippen LogP contribution in [0.25, 0.3) is 0 Å². The van der Waals surface area contributed by atoms with Crippen LogP contribution < -0.4 is 5.69 Å². The first-order valence-corrected chi connectivity index (χ1v) is 3.91. The number of carboxylic acid groups (broad SMARTS) is 1. The van der Waals surface area contributed by atoms with Crippen LogP contribution in [0.2, 0.25) is 0 Å². The highest BCUT2D eigenvalue weighted by molar-refractivity contribution is 5.76. The van der Waals surface area contributed by atoms with Crippen LogP contribution >= 0.6 is 0 Å². The molecule has 1 atom stereocenters. The van der Waals surface area contributed by atoms with Crippen molar-refractivity contribution in [3.63, 3.8) is 0 Å². The maximum atomic E-state index is 11.1. The second kappa shape index (κ2) is 3.59. The van der Waals surface area contributed by atoms with E-state index in [0.717, 1.165) is 11.5 Å². The first kappa shape index (κ1) is 10.4. The Bertz CT molecular complexity index is 396. The quantitative estimate of drug-likeness (QED) is 0.655. The van der Waals surface area contributed by atoms with Gasteiger partial charge in [-0.25, -0.2) is 14.6 Å². The van der Waals surface area contributed by atoms with Crippen molar-refractivity contribution in [2.45, 2.75) is 19.1 Å². The molecule has 0 amide bonds. The lowest BCUT2D eigenvalue weighted by atomic mass is 10.1. The number of carboxylic acids is 1. The number of hydrogen-bond acceptors (Lipinski definition) is 4. The highest BCUT2D eigenvalue weighted by Gasteiger charge is 2.30.